The molecule has 2 aromatic carbocycles. The van der Waals surface area contributed by atoms with Crippen LogP contribution in [0.25, 0.3) is 0 Å². The second kappa shape index (κ2) is 10.5. The molecule has 1 fully saturated rings. The predicted molar refractivity (Wildman–Crippen MR) is 148 cm³/mol. The van der Waals surface area contributed by atoms with Crippen LogP contribution in [-0.2, 0) is 9.59 Å². The summed E-state index contributed by atoms with van der Waals surface area (Å²) in [7, 11) is 0. The van der Waals surface area contributed by atoms with Crippen molar-refractivity contribution < 1.29 is 19.1 Å². The molecule has 0 spiro atoms. The highest BCUT2D eigenvalue weighted by Gasteiger charge is 2.47. The number of thioether (sulfide) groups is 1. The van der Waals surface area contributed by atoms with Gasteiger partial charge in [-0.2, -0.15) is 0 Å². The van der Waals surface area contributed by atoms with Gasteiger partial charge >= 0.3 is 6.03 Å². The summed E-state index contributed by atoms with van der Waals surface area (Å²) in [5.74, 6) is 1.03. The molecule has 4 atom stereocenters. The molecule has 3 N–H and O–H groups in total. The number of hydrogen-bond acceptors (Lipinski definition) is 6. The van der Waals surface area contributed by atoms with Gasteiger partial charge in [0.15, 0.2) is 0 Å². The second-order valence-corrected chi connectivity index (χ2v) is 10.8. The first-order chi connectivity index (χ1) is 19.0. The molecule has 2 aliphatic heterocycles. The third-order valence-corrected chi connectivity index (χ3v) is 8.44. The Morgan fingerprint density at radius 2 is 1.74 bits per heavy atom. The number of carbonyl (C=O) groups is 3. The summed E-state index contributed by atoms with van der Waals surface area (Å²) >= 11 is 1.36. The number of rotatable bonds is 7. The van der Waals surface area contributed by atoms with Gasteiger partial charge in [0.05, 0.1) is 17.4 Å². The molecule has 1 saturated carbocycles. The average Bonchev–Trinajstić information content (AvgIpc) is 3.55. The lowest BCUT2D eigenvalue weighted by molar-refractivity contribution is -0.121. The Bertz CT molecular complexity index is 1430. The first-order valence-corrected chi connectivity index (χ1v) is 13.7. The van der Waals surface area contributed by atoms with Gasteiger partial charge in [0.1, 0.15) is 21.8 Å². The number of hydrogen-bond donors (Lipinski definition) is 3. The first-order valence-electron chi connectivity index (χ1n) is 12.8. The van der Waals surface area contributed by atoms with Gasteiger partial charge in [0, 0.05) is 23.8 Å². The molecule has 0 bridgehead atoms. The second-order valence-electron chi connectivity index (χ2n) is 9.69. The van der Waals surface area contributed by atoms with E-state index in [-0.39, 0.29) is 29.9 Å². The van der Waals surface area contributed by atoms with Crippen molar-refractivity contribution in [3.05, 3.63) is 85.1 Å². The van der Waals surface area contributed by atoms with Gasteiger partial charge in [-0.05, 0) is 67.8 Å². The number of carbonyl (C=O) groups excluding carboxylic acids is 3. The van der Waals surface area contributed by atoms with Crippen molar-refractivity contribution >= 4 is 41.0 Å². The SMILES string of the molecule is C=CC(=O)N[C@H]1CC[C@@H](NC(=O)C2Sc3nccc4c3C2NC(=O)N4c2ccc(Oc3ccccc3)cc2)C1. The molecule has 0 radical (unpaired) electrons. The minimum atomic E-state index is -0.539. The topological polar surface area (TPSA) is 113 Å². The summed E-state index contributed by atoms with van der Waals surface area (Å²) < 4.78 is 5.89. The minimum absolute atomic E-state index is 0.00919. The first kappa shape index (κ1) is 25.0. The summed E-state index contributed by atoms with van der Waals surface area (Å²) in [5.41, 5.74) is 2.23. The quantitative estimate of drug-likeness (QED) is 0.377. The molecule has 1 aliphatic carbocycles. The highest BCUT2D eigenvalue weighted by molar-refractivity contribution is 8.01. The Balaban J connectivity index is 1.18. The van der Waals surface area contributed by atoms with E-state index in [4.69, 9.17) is 4.74 Å². The van der Waals surface area contributed by atoms with E-state index < -0.39 is 11.3 Å². The van der Waals surface area contributed by atoms with Gasteiger partial charge < -0.3 is 20.7 Å². The molecule has 9 nitrogen and oxygen atoms in total. The van der Waals surface area contributed by atoms with E-state index in [0.29, 0.717) is 23.5 Å². The van der Waals surface area contributed by atoms with Crippen LogP contribution < -0.4 is 25.6 Å². The molecule has 39 heavy (non-hydrogen) atoms. The Labute approximate surface area is 230 Å². The Hall–Kier alpha value is -4.31. The molecule has 198 valence electrons. The van der Waals surface area contributed by atoms with Crippen molar-refractivity contribution in [1.82, 2.24) is 20.9 Å². The van der Waals surface area contributed by atoms with Crippen molar-refractivity contribution in [2.24, 2.45) is 0 Å². The number of anilines is 2. The van der Waals surface area contributed by atoms with Crippen molar-refractivity contribution in [1.29, 1.82) is 0 Å². The lowest BCUT2D eigenvalue weighted by Crippen LogP contribution is -2.50. The van der Waals surface area contributed by atoms with Gasteiger partial charge in [0.25, 0.3) is 0 Å². The van der Waals surface area contributed by atoms with Crippen LogP contribution in [0.5, 0.6) is 11.5 Å². The fourth-order valence-electron chi connectivity index (χ4n) is 5.36. The molecule has 3 heterocycles. The normalized spacial score (nSPS) is 23.0. The van der Waals surface area contributed by atoms with Crippen LogP contribution >= 0.6 is 11.8 Å². The van der Waals surface area contributed by atoms with Gasteiger partial charge in [-0.1, -0.05) is 36.5 Å². The molecule has 3 aliphatic rings. The summed E-state index contributed by atoms with van der Waals surface area (Å²) in [6.45, 7) is 3.49. The number of para-hydroxylation sites is 1. The van der Waals surface area contributed by atoms with Crippen LogP contribution in [0.3, 0.4) is 0 Å². The van der Waals surface area contributed by atoms with Crippen LogP contribution in [0, 0.1) is 0 Å². The molecule has 3 aromatic rings. The number of nitrogens with zero attached hydrogens (tertiary/aromatic N) is 2. The van der Waals surface area contributed by atoms with Crippen LogP contribution in [-0.4, -0.2) is 40.2 Å². The Morgan fingerprint density at radius 1 is 1.03 bits per heavy atom. The highest BCUT2D eigenvalue weighted by atomic mass is 32.2. The van der Waals surface area contributed by atoms with E-state index in [9.17, 15) is 14.4 Å². The van der Waals surface area contributed by atoms with Crippen molar-refractivity contribution in [2.45, 2.75) is 47.7 Å². The largest absolute Gasteiger partial charge is 0.457 e. The fraction of sp³-hybridized carbons (Fsp3) is 0.241. The van der Waals surface area contributed by atoms with E-state index in [1.807, 2.05) is 60.7 Å². The molecule has 1 aromatic heterocycles. The van der Waals surface area contributed by atoms with Crippen LogP contribution in [0.4, 0.5) is 16.2 Å². The predicted octanol–water partition coefficient (Wildman–Crippen LogP) is 4.59. The Kier molecular flexibility index (Phi) is 6.70. The van der Waals surface area contributed by atoms with Gasteiger partial charge in [-0.25, -0.2) is 9.78 Å². The zero-order valence-electron chi connectivity index (χ0n) is 21.0. The fourth-order valence-corrected chi connectivity index (χ4v) is 6.59. The zero-order chi connectivity index (χ0) is 26.9. The third kappa shape index (κ3) is 4.95. The maximum absolute atomic E-state index is 13.4. The molecule has 6 rings (SSSR count). The van der Waals surface area contributed by atoms with E-state index in [1.165, 1.54) is 17.8 Å². The summed E-state index contributed by atoms with van der Waals surface area (Å²) in [4.78, 5) is 44.5. The molecular weight excluding hydrogens is 514 g/mol. The minimum Gasteiger partial charge on any atom is -0.457 e. The lowest BCUT2D eigenvalue weighted by atomic mass is 9.99. The smallest absolute Gasteiger partial charge is 0.327 e. The number of ether oxygens (including phenoxy) is 1. The number of aromatic nitrogens is 1. The van der Waals surface area contributed by atoms with Gasteiger partial charge in [-0.3, -0.25) is 14.5 Å². The molecule has 4 amide bonds. The monoisotopic (exact) mass is 541 g/mol. The standard InChI is InChI=1S/C29H27N5O4S/c1-2-23(35)31-17-8-9-18(16-17)32-27(36)26-25-24-22(14-15-30-28(24)39-26)34(29(37)33-25)19-10-12-21(13-11-19)38-20-6-4-3-5-7-20/h2-7,10-15,17-18,25-26H,1,8-9,16H2,(H,31,35)(H,32,36)(H,33,37)/t17-,18+,25?,26?/m0/s1. The van der Waals surface area contributed by atoms with Crippen molar-refractivity contribution in [3.8, 4) is 11.5 Å². The van der Waals surface area contributed by atoms with E-state index >= 15 is 0 Å². The van der Waals surface area contributed by atoms with E-state index in [0.717, 1.165) is 29.2 Å². The number of amides is 4. The van der Waals surface area contributed by atoms with E-state index in [2.05, 4.69) is 27.5 Å². The number of nitrogens with one attached hydrogen (secondary N) is 3. The Morgan fingerprint density at radius 3 is 2.49 bits per heavy atom. The van der Waals surface area contributed by atoms with Gasteiger partial charge in [0.2, 0.25) is 11.8 Å². The number of benzene rings is 2. The maximum atomic E-state index is 13.4. The average molecular weight is 542 g/mol. The summed E-state index contributed by atoms with van der Waals surface area (Å²) in [6.07, 6.45) is 5.15. The summed E-state index contributed by atoms with van der Waals surface area (Å²) in [6, 6.07) is 17.8. The number of pyridine rings is 1. The molecular formula is C29H27N5O4S. The zero-order valence-corrected chi connectivity index (χ0v) is 21.8. The molecule has 2 unspecified atom stereocenters. The van der Waals surface area contributed by atoms with Crippen LogP contribution in [0.1, 0.15) is 30.9 Å². The lowest BCUT2D eigenvalue weighted by Gasteiger charge is -2.34. The summed E-state index contributed by atoms with van der Waals surface area (Å²) in [5, 5.41) is 9.26. The van der Waals surface area contributed by atoms with Crippen molar-refractivity contribution in [3.63, 3.8) is 0 Å². The van der Waals surface area contributed by atoms with Gasteiger partial charge in [-0.15, -0.1) is 0 Å². The maximum Gasteiger partial charge on any atom is 0.327 e. The van der Waals surface area contributed by atoms with E-state index in [1.54, 1.807) is 11.1 Å². The van der Waals surface area contributed by atoms with Crippen molar-refractivity contribution in [2.75, 3.05) is 4.90 Å². The third-order valence-electron chi connectivity index (χ3n) is 7.15. The highest BCUT2D eigenvalue weighted by Crippen LogP contribution is 2.50. The molecule has 10 heteroatoms. The molecule has 0 saturated heterocycles. The van der Waals surface area contributed by atoms with Crippen LogP contribution in [0.2, 0.25) is 0 Å². The van der Waals surface area contributed by atoms with Crippen LogP contribution in [0.15, 0.2) is 84.5 Å². The number of urea groups is 1.